The molecule has 120 valence electrons. The summed E-state index contributed by atoms with van der Waals surface area (Å²) in [4.78, 5) is 16.0. The molecule has 5 rings (SSSR count). The summed E-state index contributed by atoms with van der Waals surface area (Å²) in [6.45, 7) is 0. The van der Waals surface area contributed by atoms with Crippen LogP contribution in [-0.4, -0.2) is 21.0 Å². The summed E-state index contributed by atoms with van der Waals surface area (Å²) in [5.74, 6) is 0.0330. The molecular weight excluding hydrogens is 330 g/mol. The van der Waals surface area contributed by atoms with Crippen LogP contribution in [0.25, 0.3) is 32.5 Å². The van der Waals surface area contributed by atoms with E-state index in [0.717, 1.165) is 32.5 Å². The van der Waals surface area contributed by atoms with Gasteiger partial charge in [-0.3, -0.25) is 9.89 Å². The van der Waals surface area contributed by atoms with E-state index in [-0.39, 0.29) is 5.78 Å². The number of ketones is 1. The minimum atomic E-state index is 0.0330. The highest BCUT2D eigenvalue weighted by Crippen LogP contribution is 2.32. The number of H-pyrrole nitrogens is 2. The maximum atomic E-state index is 12.6. The topological polar surface area (TPSA) is 61.5 Å². The second kappa shape index (κ2) is 5.43. The Bertz CT molecular complexity index is 1210. The molecule has 2 N–H and O–H groups in total. The van der Waals surface area contributed by atoms with E-state index in [0.29, 0.717) is 11.1 Å². The van der Waals surface area contributed by atoms with Crippen molar-refractivity contribution in [3.05, 3.63) is 77.2 Å². The summed E-state index contributed by atoms with van der Waals surface area (Å²) < 4.78 is 1.13. The van der Waals surface area contributed by atoms with Crippen molar-refractivity contribution < 1.29 is 4.79 Å². The first-order valence-corrected chi connectivity index (χ1v) is 8.82. The monoisotopic (exact) mass is 343 g/mol. The number of aromatic nitrogens is 3. The molecule has 0 amide bonds. The summed E-state index contributed by atoms with van der Waals surface area (Å²) in [6, 6.07) is 19.2. The number of hydrogen-bond donors (Lipinski definition) is 2. The van der Waals surface area contributed by atoms with Crippen LogP contribution < -0.4 is 0 Å². The minimum Gasteiger partial charge on any atom is -0.353 e. The van der Waals surface area contributed by atoms with E-state index in [9.17, 15) is 4.79 Å². The number of carbonyl (C=O) groups is 1. The molecule has 0 unspecified atom stereocenters. The fraction of sp³-hybridized carbons (Fsp3) is 0. The summed E-state index contributed by atoms with van der Waals surface area (Å²) in [6.07, 6.45) is 0. The lowest BCUT2D eigenvalue weighted by molar-refractivity contribution is 0.103. The molecule has 2 aromatic carbocycles. The van der Waals surface area contributed by atoms with E-state index in [1.54, 1.807) is 11.3 Å². The van der Waals surface area contributed by atoms with E-state index in [4.69, 9.17) is 0 Å². The van der Waals surface area contributed by atoms with E-state index in [1.807, 2.05) is 66.0 Å². The van der Waals surface area contributed by atoms with Crippen LogP contribution in [0.15, 0.2) is 66.0 Å². The quantitative estimate of drug-likeness (QED) is 0.453. The first kappa shape index (κ1) is 14.2. The molecule has 5 heteroatoms. The van der Waals surface area contributed by atoms with Crippen LogP contribution in [-0.2, 0) is 0 Å². The van der Waals surface area contributed by atoms with Gasteiger partial charge in [-0.25, -0.2) is 0 Å². The molecule has 4 nitrogen and oxygen atoms in total. The van der Waals surface area contributed by atoms with Gasteiger partial charge in [0.15, 0.2) is 5.78 Å². The van der Waals surface area contributed by atoms with E-state index >= 15 is 0 Å². The van der Waals surface area contributed by atoms with Crippen LogP contribution in [0.5, 0.6) is 0 Å². The van der Waals surface area contributed by atoms with Crippen molar-refractivity contribution in [2.45, 2.75) is 0 Å². The molecule has 3 heterocycles. The molecule has 0 saturated carbocycles. The Morgan fingerprint density at radius 2 is 1.80 bits per heavy atom. The number of nitrogens with one attached hydrogen (secondary N) is 2. The third-order valence-corrected chi connectivity index (χ3v) is 5.26. The maximum Gasteiger partial charge on any atom is 0.193 e. The second-order valence-corrected chi connectivity index (χ2v) is 6.83. The predicted octanol–water partition coefficient (Wildman–Crippen LogP) is 5.00. The van der Waals surface area contributed by atoms with E-state index < -0.39 is 0 Å². The summed E-state index contributed by atoms with van der Waals surface area (Å²) in [7, 11) is 0. The molecule has 3 aromatic heterocycles. The highest BCUT2D eigenvalue weighted by atomic mass is 32.1. The van der Waals surface area contributed by atoms with Gasteiger partial charge in [0.05, 0.1) is 15.9 Å². The molecule has 5 aromatic rings. The number of rotatable bonds is 3. The number of hydrogen-bond acceptors (Lipinski definition) is 3. The van der Waals surface area contributed by atoms with Gasteiger partial charge in [0.1, 0.15) is 5.69 Å². The molecule has 0 bridgehead atoms. The van der Waals surface area contributed by atoms with Crippen LogP contribution >= 0.6 is 11.3 Å². The number of nitrogens with zero attached hydrogens (tertiary/aromatic N) is 1. The molecule has 0 aliphatic carbocycles. The first-order chi connectivity index (χ1) is 12.3. The summed E-state index contributed by atoms with van der Waals surface area (Å²) in [5, 5.41) is 10.5. The Balaban J connectivity index is 1.59. The van der Waals surface area contributed by atoms with Gasteiger partial charge in [0, 0.05) is 22.0 Å². The fourth-order valence-corrected chi connectivity index (χ4v) is 3.94. The van der Waals surface area contributed by atoms with Gasteiger partial charge in [-0.05, 0) is 35.7 Å². The SMILES string of the molecule is O=C(c1ccccc1)c1ccc2[nH]c(-c3n[nH]c4ccsc34)cc2c1. The lowest BCUT2D eigenvalue weighted by atomic mass is 10.0. The largest absolute Gasteiger partial charge is 0.353 e. The lowest BCUT2D eigenvalue weighted by Gasteiger charge is -2.01. The zero-order valence-electron chi connectivity index (χ0n) is 13.1. The Labute approximate surface area is 147 Å². The molecule has 0 aliphatic rings. The lowest BCUT2D eigenvalue weighted by Crippen LogP contribution is -2.00. The Morgan fingerprint density at radius 3 is 2.68 bits per heavy atom. The van der Waals surface area contributed by atoms with Crippen LogP contribution in [0.4, 0.5) is 0 Å². The van der Waals surface area contributed by atoms with Crippen molar-refractivity contribution in [2.75, 3.05) is 0 Å². The van der Waals surface area contributed by atoms with Crippen molar-refractivity contribution in [1.82, 2.24) is 15.2 Å². The minimum absolute atomic E-state index is 0.0330. The third-order valence-electron chi connectivity index (χ3n) is 4.34. The molecule has 0 aliphatic heterocycles. The van der Waals surface area contributed by atoms with Crippen molar-refractivity contribution in [1.29, 1.82) is 0 Å². The standard InChI is InChI=1S/C20H13N3OS/c24-19(12-4-2-1-3-5-12)13-6-7-15-14(10-13)11-17(21-15)18-20-16(22-23-18)8-9-25-20/h1-11,21H,(H,22,23). The number of thiophene rings is 1. The van der Waals surface area contributed by atoms with Crippen molar-refractivity contribution >= 4 is 38.2 Å². The van der Waals surface area contributed by atoms with Gasteiger partial charge in [0.25, 0.3) is 0 Å². The van der Waals surface area contributed by atoms with E-state index in [1.165, 1.54) is 0 Å². The number of aromatic amines is 2. The second-order valence-electron chi connectivity index (χ2n) is 5.92. The van der Waals surface area contributed by atoms with Gasteiger partial charge in [-0.1, -0.05) is 30.3 Å². The predicted molar refractivity (Wildman–Crippen MR) is 101 cm³/mol. The van der Waals surface area contributed by atoms with Gasteiger partial charge in [0.2, 0.25) is 0 Å². The van der Waals surface area contributed by atoms with Crippen LogP contribution in [0.2, 0.25) is 0 Å². The molecular formula is C20H13N3OS. The fourth-order valence-electron chi connectivity index (χ4n) is 3.09. The molecule has 0 saturated heterocycles. The molecule has 0 fully saturated rings. The number of carbonyl (C=O) groups excluding carboxylic acids is 1. The highest BCUT2D eigenvalue weighted by Gasteiger charge is 2.14. The average Bonchev–Trinajstić information content (AvgIpc) is 3.35. The molecule has 0 radical (unpaired) electrons. The Morgan fingerprint density at radius 1 is 0.920 bits per heavy atom. The van der Waals surface area contributed by atoms with Gasteiger partial charge >= 0.3 is 0 Å². The van der Waals surface area contributed by atoms with Crippen molar-refractivity contribution in [3.63, 3.8) is 0 Å². The highest BCUT2D eigenvalue weighted by molar-refractivity contribution is 7.17. The average molecular weight is 343 g/mol. The van der Waals surface area contributed by atoms with Crippen molar-refractivity contribution in [3.8, 4) is 11.4 Å². The number of benzene rings is 2. The Kier molecular flexibility index (Phi) is 3.08. The zero-order chi connectivity index (χ0) is 16.8. The zero-order valence-corrected chi connectivity index (χ0v) is 13.9. The first-order valence-electron chi connectivity index (χ1n) is 7.94. The maximum absolute atomic E-state index is 12.6. The van der Waals surface area contributed by atoms with Crippen LogP contribution in [0.1, 0.15) is 15.9 Å². The molecule has 25 heavy (non-hydrogen) atoms. The van der Waals surface area contributed by atoms with Gasteiger partial charge in [-0.2, -0.15) is 5.10 Å². The summed E-state index contributed by atoms with van der Waals surface area (Å²) in [5.41, 5.74) is 5.29. The summed E-state index contributed by atoms with van der Waals surface area (Å²) >= 11 is 1.66. The van der Waals surface area contributed by atoms with Crippen LogP contribution in [0.3, 0.4) is 0 Å². The molecule has 0 spiro atoms. The van der Waals surface area contributed by atoms with Crippen LogP contribution in [0, 0.1) is 0 Å². The van der Waals surface area contributed by atoms with Gasteiger partial charge < -0.3 is 4.98 Å². The van der Waals surface area contributed by atoms with E-state index in [2.05, 4.69) is 15.2 Å². The Hall–Kier alpha value is -3.18. The number of fused-ring (bicyclic) bond motifs is 2. The smallest absolute Gasteiger partial charge is 0.193 e. The normalized spacial score (nSPS) is 11.4. The molecule has 0 atom stereocenters. The van der Waals surface area contributed by atoms with Gasteiger partial charge in [-0.15, -0.1) is 11.3 Å². The van der Waals surface area contributed by atoms with Crippen molar-refractivity contribution in [2.24, 2.45) is 0 Å². The third kappa shape index (κ3) is 2.28.